The molecule has 5 aliphatic rings. The summed E-state index contributed by atoms with van der Waals surface area (Å²) in [6.07, 6.45) is 11.5. The van der Waals surface area contributed by atoms with E-state index in [1.54, 1.807) is 30.5 Å². The van der Waals surface area contributed by atoms with Gasteiger partial charge in [0.1, 0.15) is 18.0 Å². The number of aromatic nitrogens is 2. The van der Waals surface area contributed by atoms with Crippen LogP contribution in [-0.2, 0) is 10.0 Å². The van der Waals surface area contributed by atoms with Crippen LogP contribution in [-0.4, -0.2) is 79.0 Å². The molecule has 0 bridgehead atoms. The number of nitrogens with two attached hydrogens (primary N) is 1. The molecule has 1 spiro atoms. The molecular formula is C51H62N8O7S. The second-order valence-electron chi connectivity index (χ2n) is 20.9. The third kappa shape index (κ3) is 8.78. The van der Waals surface area contributed by atoms with Crippen molar-refractivity contribution >= 4 is 49.8 Å². The summed E-state index contributed by atoms with van der Waals surface area (Å²) in [5, 5.41) is 16.5. The number of fused-ring (bicyclic) bond motifs is 2. The second kappa shape index (κ2) is 17.3. The van der Waals surface area contributed by atoms with Crippen LogP contribution < -0.4 is 30.1 Å². The van der Waals surface area contributed by atoms with Gasteiger partial charge in [-0.1, -0.05) is 58.4 Å². The number of amides is 1. The first-order valence-corrected chi connectivity index (χ1v) is 25.5. The van der Waals surface area contributed by atoms with Gasteiger partial charge in [-0.05, 0) is 115 Å². The minimum atomic E-state index is -4.66. The van der Waals surface area contributed by atoms with Crippen molar-refractivity contribution in [3.8, 4) is 17.2 Å². The Morgan fingerprint density at radius 1 is 0.985 bits per heavy atom. The summed E-state index contributed by atoms with van der Waals surface area (Å²) < 4.78 is 42.6. The lowest BCUT2D eigenvalue weighted by atomic mass is 9.70. The molecule has 5 aromatic rings. The molecule has 354 valence electrons. The first kappa shape index (κ1) is 44.9. The zero-order valence-electron chi connectivity index (χ0n) is 38.8. The zero-order chi connectivity index (χ0) is 46.8. The summed E-state index contributed by atoms with van der Waals surface area (Å²) >= 11 is 0. The fraction of sp³-hybridized carbons (Fsp3) is 0.490. The molecule has 16 heteroatoms. The van der Waals surface area contributed by atoms with E-state index in [1.165, 1.54) is 36.5 Å². The maximum absolute atomic E-state index is 14.2. The van der Waals surface area contributed by atoms with Gasteiger partial charge >= 0.3 is 0 Å². The number of nitrogen functional groups attached to an aromatic ring is 1. The first-order valence-electron chi connectivity index (χ1n) is 24.0. The number of carbonyl (C=O) groups excluding carboxylic acids is 1. The van der Waals surface area contributed by atoms with Crippen LogP contribution in [0.2, 0.25) is 0 Å². The van der Waals surface area contributed by atoms with E-state index in [9.17, 15) is 23.3 Å². The fourth-order valence-corrected chi connectivity index (χ4v) is 12.7. The molecule has 2 saturated carbocycles. The number of hydrogen-bond donors (Lipinski definition) is 4. The van der Waals surface area contributed by atoms with Crippen molar-refractivity contribution in [2.24, 2.45) is 16.7 Å². The molecule has 5 heterocycles. The Morgan fingerprint density at radius 3 is 2.49 bits per heavy atom. The number of H-pyrrole nitrogens is 1. The van der Waals surface area contributed by atoms with Gasteiger partial charge in [-0.25, -0.2) is 18.1 Å². The van der Waals surface area contributed by atoms with Crippen LogP contribution in [0, 0.1) is 26.9 Å². The predicted octanol–water partition coefficient (Wildman–Crippen LogP) is 9.72. The minimum absolute atomic E-state index is 0.0407. The molecule has 4 fully saturated rings. The van der Waals surface area contributed by atoms with Gasteiger partial charge in [0, 0.05) is 67.7 Å². The van der Waals surface area contributed by atoms with E-state index in [0.717, 1.165) is 81.8 Å². The number of piperidine rings is 1. The van der Waals surface area contributed by atoms with E-state index in [1.807, 2.05) is 6.07 Å². The number of carbonyl (C=O) groups is 1. The van der Waals surface area contributed by atoms with Crippen LogP contribution in [0.1, 0.15) is 119 Å². The van der Waals surface area contributed by atoms with E-state index < -0.39 is 31.4 Å². The summed E-state index contributed by atoms with van der Waals surface area (Å²) in [5.74, 6) is 0.737. The van der Waals surface area contributed by atoms with E-state index in [0.29, 0.717) is 23.5 Å². The smallest absolute Gasteiger partial charge is 0.297 e. The average molecular weight is 931 g/mol. The van der Waals surface area contributed by atoms with Gasteiger partial charge in [-0.15, -0.1) is 0 Å². The first-order chi connectivity index (χ1) is 32.1. The Hall–Kier alpha value is -5.87. The summed E-state index contributed by atoms with van der Waals surface area (Å²) in [6, 6.07) is 20.3. The van der Waals surface area contributed by atoms with Crippen LogP contribution in [0.25, 0.3) is 11.0 Å². The van der Waals surface area contributed by atoms with Crippen molar-refractivity contribution in [2.45, 2.75) is 114 Å². The Kier molecular flexibility index (Phi) is 11.6. The molecule has 2 saturated heterocycles. The Balaban J connectivity index is 0.866. The lowest BCUT2D eigenvalue weighted by Gasteiger charge is -2.57. The van der Waals surface area contributed by atoms with Crippen molar-refractivity contribution in [1.82, 2.24) is 19.6 Å². The minimum Gasteiger partial charge on any atom is -0.489 e. The number of nitrogens with zero attached hydrogens (tertiary/aromatic N) is 4. The molecule has 67 heavy (non-hydrogen) atoms. The second-order valence-corrected chi connectivity index (χ2v) is 22.6. The number of nitro benzene ring substituents is 1. The predicted molar refractivity (Wildman–Crippen MR) is 260 cm³/mol. The van der Waals surface area contributed by atoms with Gasteiger partial charge in [0.15, 0.2) is 23.0 Å². The number of benzene rings is 3. The third-order valence-corrected chi connectivity index (χ3v) is 17.0. The van der Waals surface area contributed by atoms with E-state index in [4.69, 9.17) is 15.2 Å². The number of anilines is 3. The monoisotopic (exact) mass is 930 g/mol. The normalized spacial score (nSPS) is 22.8. The number of sulfonamides is 1. The molecule has 15 nitrogen and oxygen atoms in total. The molecule has 1 amide bonds. The van der Waals surface area contributed by atoms with Gasteiger partial charge in [0.2, 0.25) is 0 Å². The van der Waals surface area contributed by atoms with E-state index in [-0.39, 0.29) is 63.7 Å². The molecule has 0 radical (unpaired) electrons. The topological polar surface area (TPSA) is 198 Å². The largest absolute Gasteiger partial charge is 0.489 e. The number of pyridine rings is 1. The quantitative estimate of drug-likeness (QED) is 0.0724. The molecular weight excluding hydrogens is 869 g/mol. The Morgan fingerprint density at radius 2 is 1.75 bits per heavy atom. The number of aromatic amines is 1. The lowest BCUT2D eigenvalue weighted by Crippen LogP contribution is -2.63. The summed E-state index contributed by atoms with van der Waals surface area (Å²) in [4.78, 5) is 38.0. The number of ether oxygens (including phenoxy) is 2. The number of rotatable bonds is 11. The zero-order valence-corrected chi connectivity index (χ0v) is 39.7. The maximum Gasteiger partial charge on any atom is 0.297 e. The summed E-state index contributed by atoms with van der Waals surface area (Å²) in [6.45, 7) is 13.1. The number of likely N-dealkylation sites (tertiary alicyclic amines) is 1. The summed E-state index contributed by atoms with van der Waals surface area (Å²) in [7, 11) is -4.66. The number of nitro groups is 1. The standard InChI is InChI=1S/C51H62N8O7S/c1-31(2)36-8-5-6-9-37(36)38-10-7-11-41(38)58-29-51(30-58)19-22-57(23-20-51)34-12-13-39(43(25-34)66-45-24-33-16-21-53-48(33)55-47(45)52)49(60)56-67(63,64)35-26-42(59(61)62)46-44(27-35)65-28-40(54-46)32-14-17-50(3,4)18-15-32/h5-6,8-9,12-13,16,21,24-27,31-32,38,40-41,54H,7,10-11,14-15,17-20,22-23,28-30H2,1-4H3,(H,56,60)(H3,52,53,55)/t38-,40?,41?/m1/s1. The molecule has 3 aromatic carbocycles. The van der Waals surface area contributed by atoms with Gasteiger partial charge in [-0.2, -0.15) is 0 Å². The number of nitrogens with one attached hydrogen (secondary N) is 3. The van der Waals surface area contributed by atoms with Crippen LogP contribution in [0.3, 0.4) is 0 Å². The molecule has 10 rings (SSSR count). The average Bonchev–Trinajstić information content (AvgIpc) is 3.97. The highest BCUT2D eigenvalue weighted by Crippen LogP contribution is 2.50. The molecule has 3 aliphatic heterocycles. The third-order valence-electron chi connectivity index (χ3n) is 15.7. The van der Waals surface area contributed by atoms with Crippen molar-refractivity contribution in [1.29, 1.82) is 0 Å². The number of hydrogen-bond acceptors (Lipinski definition) is 12. The van der Waals surface area contributed by atoms with Crippen LogP contribution in [0.15, 0.2) is 77.8 Å². The fourth-order valence-electron chi connectivity index (χ4n) is 11.7. The Bertz CT molecular complexity index is 2820. The maximum atomic E-state index is 14.2. The highest BCUT2D eigenvalue weighted by Gasteiger charge is 2.49. The highest BCUT2D eigenvalue weighted by atomic mass is 32.2. The van der Waals surface area contributed by atoms with Crippen LogP contribution in [0.4, 0.5) is 22.9 Å². The van der Waals surface area contributed by atoms with Crippen molar-refractivity contribution in [3.63, 3.8) is 0 Å². The lowest BCUT2D eigenvalue weighted by molar-refractivity contribution is -0.384. The van der Waals surface area contributed by atoms with Crippen molar-refractivity contribution in [3.05, 3.63) is 99.7 Å². The molecule has 2 aromatic heterocycles. The highest BCUT2D eigenvalue weighted by molar-refractivity contribution is 7.90. The molecule has 2 unspecified atom stereocenters. The molecule has 3 atom stereocenters. The van der Waals surface area contributed by atoms with Crippen LogP contribution >= 0.6 is 0 Å². The van der Waals surface area contributed by atoms with Gasteiger partial charge < -0.3 is 30.4 Å². The molecule has 5 N–H and O–H groups in total. The van der Waals surface area contributed by atoms with Crippen molar-refractivity contribution in [2.75, 3.05) is 48.7 Å². The van der Waals surface area contributed by atoms with Gasteiger partial charge in [-0.3, -0.25) is 19.8 Å². The van der Waals surface area contributed by atoms with E-state index in [2.05, 4.69) is 81.8 Å². The van der Waals surface area contributed by atoms with Crippen LogP contribution in [0.5, 0.6) is 17.2 Å². The molecule has 2 aliphatic carbocycles. The van der Waals surface area contributed by atoms with Gasteiger partial charge in [0.25, 0.3) is 21.6 Å². The van der Waals surface area contributed by atoms with Crippen molar-refractivity contribution < 1.29 is 27.6 Å². The SMILES string of the molecule is CC(C)c1ccccc1[C@H]1CCCC1N1CC2(CCN(c3ccc(C(=O)NS(=O)(=O)c4cc5c(c([N+](=O)[O-])c4)NC(C4CCC(C)(C)CC4)CO5)c(Oc4cc5cc[nH]c5nc4N)c3)CC2)C1. The van der Waals surface area contributed by atoms with E-state index >= 15 is 0 Å². The van der Waals surface area contributed by atoms with Gasteiger partial charge in [0.05, 0.1) is 21.4 Å². The Labute approximate surface area is 392 Å². The summed E-state index contributed by atoms with van der Waals surface area (Å²) in [5.41, 5.74) is 10.9.